The average molecular weight is 213 g/mol. The molecule has 1 saturated carbocycles. The van der Waals surface area contributed by atoms with Gasteiger partial charge in [0.25, 0.3) is 0 Å². The van der Waals surface area contributed by atoms with Crippen molar-refractivity contribution in [2.24, 2.45) is 5.73 Å². The van der Waals surface area contributed by atoms with Crippen molar-refractivity contribution in [3.8, 4) is 0 Å². The van der Waals surface area contributed by atoms with Crippen LogP contribution in [-0.2, 0) is 5.54 Å². The largest absolute Gasteiger partial charge is 0.320 e. The summed E-state index contributed by atoms with van der Waals surface area (Å²) in [6.45, 7) is 0. The first-order valence-electron chi connectivity index (χ1n) is 4.95. The first-order valence-corrected chi connectivity index (χ1v) is 4.95. The smallest absolute Gasteiger partial charge is 0.248 e. The van der Waals surface area contributed by atoms with Gasteiger partial charge in [0.15, 0.2) is 0 Å². The Labute approximate surface area is 86.7 Å². The standard InChI is InChI=1S/C10H13F2N3/c11-10(12)4-2-9(13,3-5-10)8-1-6-14-7-15-8/h1,6-7H,2-5,13H2. The summed E-state index contributed by atoms with van der Waals surface area (Å²) in [6.07, 6.45) is 3.22. The molecule has 5 heteroatoms. The molecule has 0 unspecified atom stereocenters. The fraction of sp³-hybridized carbons (Fsp3) is 0.600. The van der Waals surface area contributed by atoms with E-state index in [1.165, 1.54) is 6.33 Å². The number of halogens is 2. The molecule has 1 aromatic rings. The molecule has 1 heterocycles. The van der Waals surface area contributed by atoms with Crippen LogP contribution in [-0.4, -0.2) is 15.9 Å². The molecule has 1 aromatic heterocycles. The van der Waals surface area contributed by atoms with Gasteiger partial charge in [-0.3, -0.25) is 0 Å². The first kappa shape index (κ1) is 10.4. The molecular weight excluding hydrogens is 200 g/mol. The van der Waals surface area contributed by atoms with E-state index in [1.54, 1.807) is 12.3 Å². The zero-order chi connectivity index (χ0) is 10.9. The van der Waals surface area contributed by atoms with Gasteiger partial charge < -0.3 is 5.73 Å². The molecule has 3 nitrogen and oxygen atoms in total. The van der Waals surface area contributed by atoms with Gasteiger partial charge in [-0.05, 0) is 18.9 Å². The van der Waals surface area contributed by atoms with Crippen molar-refractivity contribution in [3.05, 3.63) is 24.3 Å². The lowest BCUT2D eigenvalue weighted by Gasteiger charge is -2.36. The third kappa shape index (κ3) is 2.12. The molecule has 0 aromatic carbocycles. The van der Waals surface area contributed by atoms with E-state index in [-0.39, 0.29) is 25.7 Å². The van der Waals surface area contributed by atoms with Crippen LogP contribution < -0.4 is 5.73 Å². The Morgan fingerprint density at radius 2 is 1.87 bits per heavy atom. The summed E-state index contributed by atoms with van der Waals surface area (Å²) in [7, 11) is 0. The highest BCUT2D eigenvalue weighted by Gasteiger charge is 2.42. The number of hydrogen-bond acceptors (Lipinski definition) is 3. The van der Waals surface area contributed by atoms with E-state index in [4.69, 9.17) is 5.73 Å². The van der Waals surface area contributed by atoms with Gasteiger partial charge in [0.2, 0.25) is 5.92 Å². The minimum atomic E-state index is -2.56. The molecule has 2 rings (SSSR count). The second-order valence-electron chi connectivity index (χ2n) is 4.11. The lowest BCUT2D eigenvalue weighted by atomic mass is 9.78. The Kier molecular flexibility index (Phi) is 2.42. The number of nitrogens with two attached hydrogens (primary N) is 1. The molecule has 1 aliphatic carbocycles. The normalized spacial score (nSPS) is 23.7. The van der Waals surface area contributed by atoms with Gasteiger partial charge in [0, 0.05) is 19.0 Å². The summed E-state index contributed by atoms with van der Waals surface area (Å²) in [5.41, 5.74) is 6.03. The maximum Gasteiger partial charge on any atom is 0.248 e. The van der Waals surface area contributed by atoms with Crippen molar-refractivity contribution < 1.29 is 8.78 Å². The lowest BCUT2D eigenvalue weighted by Crippen LogP contribution is -2.44. The zero-order valence-electron chi connectivity index (χ0n) is 8.29. The summed E-state index contributed by atoms with van der Waals surface area (Å²) < 4.78 is 26.0. The molecule has 0 spiro atoms. The van der Waals surface area contributed by atoms with Gasteiger partial charge >= 0.3 is 0 Å². The summed E-state index contributed by atoms with van der Waals surface area (Å²) in [5.74, 6) is -2.56. The highest BCUT2D eigenvalue weighted by Crippen LogP contribution is 2.41. The molecule has 0 saturated heterocycles. The van der Waals surface area contributed by atoms with E-state index >= 15 is 0 Å². The van der Waals surface area contributed by atoms with Crippen LogP contribution in [0.4, 0.5) is 8.78 Å². The van der Waals surface area contributed by atoms with E-state index < -0.39 is 11.5 Å². The highest BCUT2D eigenvalue weighted by atomic mass is 19.3. The van der Waals surface area contributed by atoms with Crippen LogP contribution in [0.2, 0.25) is 0 Å². The molecule has 1 fully saturated rings. The van der Waals surface area contributed by atoms with Crippen molar-refractivity contribution in [2.45, 2.75) is 37.1 Å². The minimum absolute atomic E-state index is 0.159. The minimum Gasteiger partial charge on any atom is -0.320 e. The third-order valence-corrected chi connectivity index (χ3v) is 2.97. The molecule has 2 N–H and O–H groups in total. The molecule has 1 aliphatic rings. The van der Waals surface area contributed by atoms with Gasteiger partial charge in [-0.25, -0.2) is 18.7 Å². The Morgan fingerprint density at radius 1 is 1.20 bits per heavy atom. The van der Waals surface area contributed by atoms with E-state index in [0.29, 0.717) is 5.69 Å². The third-order valence-electron chi connectivity index (χ3n) is 2.97. The second kappa shape index (κ2) is 3.48. The summed E-state index contributed by atoms with van der Waals surface area (Å²) in [4.78, 5) is 7.83. The van der Waals surface area contributed by atoms with Gasteiger partial charge in [0.05, 0.1) is 11.2 Å². The Bertz CT molecular complexity index is 330. The Hall–Kier alpha value is -1.10. The molecule has 0 bridgehead atoms. The van der Waals surface area contributed by atoms with Crippen molar-refractivity contribution in [1.82, 2.24) is 9.97 Å². The van der Waals surface area contributed by atoms with E-state index in [1.807, 2.05) is 0 Å². The molecule has 0 amide bonds. The van der Waals surface area contributed by atoms with E-state index in [9.17, 15) is 8.78 Å². The number of alkyl halides is 2. The van der Waals surface area contributed by atoms with E-state index in [2.05, 4.69) is 9.97 Å². The average Bonchev–Trinajstić information content (AvgIpc) is 2.24. The quantitative estimate of drug-likeness (QED) is 0.774. The van der Waals surface area contributed by atoms with Gasteiger partial charge in [-0.2, -0.15) is 0 Å². The summed E-state index contributed by atoms with van der Waals surface area (Å²) in [5, 5.41) is 0. The van der Waals surface area contributed by atoms with Crippen molar-refractivity contribution >= 4 is 0 Å². The van der Waals surface area contributed by atoms with Crippen molar-refractivity contribution in [1.29, 1.82) is 0 Å². The predicted molar refractivity (Wildman–Crippen MR) is 51.3 cm³/mol. The van der Waals surface area contributed by atoms with Crippen molar-refractivity contribution in [3.63, 3.8) is 0 Å². The second-order valence-corrected chi connectivity index (χ2v) is 4.11. The molecule has 0 radical (unpaired) electrons. The molecule has 0 aliphatic heterocycles. The Balaban J connectivity index is 2.17. The fourth-order valence-corrected chi connectivity index (χ4v) is 1.90. The van der Waals surface area contributed by atoms with Crippen LogP contribution in [0.15, 0.2) is 18.6 Å². The van der Waals surface area contributed by atoms with Crippen LogP contribution in [0, 0.1) is 0 Å². The van der Waals surface area contributed by atoms with Gasteiger partial charge in [-0.1, -0.05) is 0 Å². The first-order chi connectivity index (χ1) is 7.02. The molecule has 15 heavy (non-hydrogen) atoms. The molecular formula is C10H13F2N3. The monoisotopic (exact) mass is 213 g/mol. The lowest BCUT2D eigenvalue weighted by molar-refractivity contribution is -0.0519. The van der Waals surface area contributed by atoms with E-state index in [0.717, 1.165) is 0 Å². The topological polar surface area (TPSA) is 51.8 Å². The number of aromatic nitrogens is 2. The SMILES string of the molecule is NC1(c2ccncn2)CCC(F)(F)CC1. The maximum atomic E-state index is 13.0. The van der Waals surface area contributed by atoms with Crippen LogP contribution in [0.25, 0.3) is 0 Å². The predicted octanol–water partition coefficient (Wildman–Crippen LogP) is 1.84. The van der Waals surface area contributed by atoms with Crippen LogP contribution in [0.1, 0.15) is 31.4 Å². The maximum absolute atomic E-state index is 13.0. The fourth-order valence-electron chi connectivity index (χ4n) is 1.90. The summed E-state index contributed by atoms with van der Waals surface area (Å²) >= 11 is 0. The van der Waals surface area contributed by atoms with Crippen LogP contribution in [0.3, 0.4) is 0 Å². The zero-order valence-corrected chi connectivity index (χ0v) is 8.29. The Morgan fingerprint density at radius 3 is 2.40 bits per heavy atom. The van der Waals surface area contributed by atoms with Gasteiger partial charge in [0.1, 0.15) is 6.33 Å². The summed E-state index contributed by atoms with van der Waals surface area (Å²) in [6, 6.07) is 1.70. The number of hydrogen-bond donors (Lipinski definition) is 1. The molecule has 82 valence electrons. The van der Waals surface area contributed by atoms with Crippen LogP contribution >= 0.6 is 0 Å². The van der Waals surface area contributed by atoms with Gasteiger partial charge in [-0.15, -0.1) is 0 Å². The highest BCUT2D eigenvalue weighted by molar-refractivity contribution is 5.14. The number of rotatable bonds is 1. The van der Waals surface area contributed by atoms with Crippen LogP contribution in [0.5, 0.6) is 0 Å². The number of nitrogens with zero attached hydrogens (tertiary/aromatic N) is 2. The van der Waals surface area contributed by atoms with Crippen molar-refractivity contribution in [2.75, 3.05) is 0 Å². The molecule has 0 atom stereocenters.